The van der Waals surface area contributed by atoms with Crippen LogP contribution in [0.5, 0.6) is 0 Å². The van der Waals surface area contributed by atoms with Crippen LogP contribution in [0.2, 0.25) is 0 Å². The molecule has 1 aromatic carbocycles. The first kappa shape index (κ1) is 16.1. The smallest absolute Gasteiger partial charge is 0.228 e. The zero-order valence-corrected chi connectivity index (χ0v) is 14.5. The average Bonchev–Trinajstić information content (AvgIpc) is 3.03. The first-order chi connectivity index (χ1) is 11.2. The Morgan fingerprint density at radius 1 is 1.39 bits per heavy atom. The Balaban J connectivity index is 1.67. The molecule has 3 rings (SSSR count). The van der Waals surface area contributed by atoms with Gasteiger partial charge in [0.05, 0.1) is 12.1 Å². The number of carbonyl (C=O) groups is 1. The number of carbonyl (C=O) groups excluding carboxylic acids is 1. The molecule has 4 nitrogen and oxygen atoms in total. The van der Waals surface area contributed by atoms with Gasteiger partial charge in [-0.1, -0.05) is 31.2 Å². The standard InChI is InChI=1S/C18H23N3OS/c1-3-14-4-6-15(7-5-14)18-20-16(12-23-18)10-17(22)21-9-8-19-11-13(21)2/h4-7,12-13,19H,3,8-11H2,1-2H3. The number of amides is 1. The fraction of sp³-hybridized carbons (Fsp3) is 0.444. The molecule has 1 aromatic heterocycles. The summed E-state index contributed by atoms with van der Waals surface area (Å²) in [6.45, 7) is 6.78. The third kappa shape index (κ3) is 3.79. The lowest BCUT2D eigenvalue weighted by Gasteiger charge is -2.33. The molecule has 1 fully saturated rings. The van der Waals surface area contributed by atoms with E-state index in [2.05, 4.69) is 48.4 Å². The maximum atomic E-state index is 12.5. The van der Waals surface area contributed by atoms with E-state index in [-0.39, 0.29) is 11.9 Å². The van der Waals surface area contributed by atoms with Gasteiger partial charge in [-0.05, 0) is 18.9 Å². The van der Waals surface area contributed by atoms with Crippen molar-refractivity contribution in [3.8, 4) is 10.6 Å². The second-order valence-corrected chi connectivity index (χ2v) is 6.87. The highest BCUT2D eigenvalue weighted by Crippen LogP contribution is 2.24. The van der Waals surface area contributed by atoms with E-state index in [0.29, 0.717) is 6.42 Å². The van der Waals surface area contributed by atoms with E-state index in [1.54, 1.807) is 11.3 Å². The Kier molecular flexibility index (Phi) is 5.08. The number of hydrogen-bond acceptors (Lipinski definition) is 4. The average molecular weight is 329 g/mol. The largest absolute Gasteiger partial charge is 0.337 e. The van der Waals surface area contributed by atoms with Gasteiger partial charge in [-0.2, -0.15) is 0 Å². The second-order valence-electron chi connectivity index (χ2n) is 6.01. The molecule has 0 saturated carbocycles. The highest BCUT2D eigenvalue weighted by Gasteiger charge is 2.23. The predicted molar refractivity (Wildman–Crippen MR) is 94.7 cm³/mol. The summed E-state index contributed by atoms with van der Waals surface area (Å²) in [4.78, 5) is 19.1. The van der Waals surface area contributed by atoms with E-state index >= 15 is 0 Å². The van der Waals surface area contributed by atoms with Crippen molar-refractivity contribution in [2.75, 3.05) is 19.6 Å². The van der Waals surface area contributed by atoms with Gasteiger partial charge in [0.2, 0.25) is 5.91 Å². The summed E-state index contributed by atoms with van der Waals surface area (Å²) in [6.07, 6.45) is 1.44. The van der Waals surface area contributed by atoms with Crippen LogP contribution in [0.25, 0.3) is 10.6 Å². The number of thiazole rings is 1. The molecule has 2 heterocycles. The molecule has 23 heavy (non-hydrogen) atoms. The summed E-state index contributed by atoms with van der Waals surface area (Å²) in [7, 11) is 0. The Bertz CT molecular complexity index is 665. The molecule has 5 heteroatoms. The molecule has 1 saturated heterocycles. The van der Waals surface area contributed by atoms with Gasteiger partial charge in [-0.25, -0.2) is 4.98 Å². The summed E-state index contributed by atoms with van der Waals surface area (Å²) in [5.41, 5.74) is 3.33. The molecule has 1 N–H and O–H groups in total. The quantitative estimate of drug-likeness (QED) is 0.938. The monoisotopic (exact) mass is 329 g/mol. The lowest BCUT2D eigenvalue weighted by Crippen LogP contribution is -2.52. The number of benzene rings is 1. The predicted octanol–water partition coefficient (Wildman–Crippen LogP) is 2.74. The van der Waals surface area contributed by atoms with Crippen LogP contribution in [0, 0.1) is 0 Å². The molecule has 0 bridgehead atoms. The Hall–Kier alpha value is -1.72. The zero-order valence-electron chi connectivity index (χ0n) is 13.7. The minimum atomic E-state index is 0.178. The van der Waals surface area contributed by atoms with Gasteiger partial charge in [0.15, 0.2) is 0 Å². The maximum Gasteiger partial charge on any atom is 0.228 e. The fourth-order valence-corrected chi connectivity index (χ4v) is 3.70. The van der Waals surface area contributed by atoms with E-state index in [1.165, 1.54) is 5.56 Å². The number of piperazine rings is 1. The van der Waals surface area contributed by atoms with Crippen molar-refractivity contribution in [3.05, 3.63) is 40.9 Å². The molecular weight excluding hydrogens is 306 g/mol. The first-order valence-electron chi connectivity index (χ1n) is 8.21. The van der Waals surface area contributed by atoms with Crippen LogP contribution in [0.4, 0.5) is 0 Å². The van der Waals surface area contributed by atoms with Gasteiger partial charge in [0.25, 0.3) is 0 Å². The van der Waals surface area contributed by atoms with E-state index in [0.717, 1.165) is 42.3 Å². The Labute approximate surface area is 141 Å². The minimum Gasteiger partial charge on any atom is -0.337 e. The summed E-state index contributed by atoms with van der Waals surface area (Å²) in [5, 5.41) is 6.31. The third-order valence-corrected chi connectivity index (χ3v) is 5.26. The zero-order chi connectivity index (χ0) is 16.2. The summed E-state index contributed by atoms with van der Waals surface area (Å²) < 4.78 is 0. The fourth-order valence-electron chi connectivity index (χ4n) is 2.87. The normalized spacial score (nSPS) is 18.2. The van der Waals surface area contributed by atoms with Gasteiger partial charge in [0.1, 0.15) is 5.01 Å². The van der Waals surface area contributed by atoms with Crippen LogP contribution >= 0.6 is 11.3 Å². The molecule has 0 radical (unpaired) electrons. The van der Waals surface area contributed by atoms with E-state index < -0.39 is 0 Å². The topological polar surface area (TPSA) is 45.2 Å². The van der Waals surface area contributed by atoms with Crippen molar-refractivity contribution in [2.45, 2.75) is 32.7 Å². The SMILES string of the molecule is CCc1ccc(-c2nc(CC(=O)N3CCNCC3C)cs2)cc1. The number of nitrogens with zero attached hydrogens (tertiary/aromatic N) is 2. The highest BCUT2D eigenvalue weighted by atomic mass is 32.1. The molecule has 2 aromatic rings. The lowest BCUT2D eigenvalue weighted by molar-refractivity contribution is -0.133. The van der Waals surface area contributed by atoms with Crippen molar-refractivity contribution in [3.63, 3.8) is 0 Å². The van der Waals surface area contributed by atoms with Crippen LogP contribution in [0.3, 0.4) is 0 Å². The van der Waals surface area contributed by atoms with Crippen LogP contribution in [-0.4, -0.2) is 41.5 Å². The Morgan fingerprint density at radius 2 is 2.17 bits per heavy atom. The van der Waals surface area contributed by atoms with E-state index in [4.69, 9.17) is 0 Å². The van der Waals surface area contributed by atoms with Crippen LogP contribution in [-0.2, 0) is 17.6 Å². The molecule has 1 aliphatic heterocycles. The molecule has 122 valence electrons. The number of aryl methyl sites for hydroxylation is 1. The van der Waals surface area contributed by atoms with Gasteiger partial charge < -0.3 is 10.2 Å². The molecule has 1 aliphatic rings. The molecule has 1 atom stereocenters. The number of nitrogens with one attached hydrogen (secondary N) is 1. The Morgan fingerprint density at radius 3 is 2.87 bits per heavy atom. The third-order valence-electron chi connectivity index (χ3n) is 4.31. The van der Waals surface area contributed by atoms with Crippen LogP contribution in [0.1, 0.15) is 25.1 Å². The summed E-state index contributed by atoms with van der Waals surface area (Å²) >= 11 is 1.61. The first-order valence-corrected chi connectivity index (χ1v) is 9.09. The molecule has 0 spiro atoms. The lowest BCUT2D eigenvalue weighted by atomic mass is 10.1. The van der Waals surface area contributed by atoms with Crippen molar-refractivity contribution in [1.29, 1.82) is 0 Å². The maximum absolute atomic E-state index is 12.5. The van der Waals surface area contributed by atoms with Crippen molar-refractivity contribution in [2.24, 2.45) is 0 Å². The van der Waals surface area contributed by atoms with Gasteiger partial charge in [0, 0.05) is 36.6 Å². The van der Waals surface area contributed by atoms with Crippen molar-refractivity contribution >= 4 is 17.2 Å². The number of aromatic nitrogens is 1. The van der Waals surface area contributed by atoms with Crippen molar-refractivity contribution in [1.82, 2.24) is 15.2 Å². The molecule has 1 amide bonds. The molecular formula is C18H23N3OS. The van der Waals surface area contributed by atoms with Crippen LogP contribution < -0.4 is 5.32 Å². The number of rotatable bonds is 4. The number of hydrogen-bond donors (Lipinski definition) is 1. The van der Waals surface area contributed by atoms with Gasteiger partial charge in [-0.15, -0.1) is 11.3 Å². The second kappa shape index (κ2) is 7.23. The van der Waals surface area contributed by atoms with E-state index in [9.17, 15) is 4.79 Å². The summed E-state index contributed by atoms with van der Waals surface area (Å²) in [6, 6.07) is 8.77. The van der Waals surface area contributed by atoms with Gasteiger partial charge >= 0.3 is 0 Å². The summed E-state index contributed by atoms with van der Waals surface area (Å²) in [5.74, 6) is 0.178. The van der Waals surface area contributed by atoms with Gasteiger partial charge in [-0.3, -0.25) is 4.79 Å². The molecule has 1 unspecified atom stereocenters. The molecule has 0 aliphatic carbocycles. The van der Waals surface area contributed by atoms with E-state index in [1.807, 2.05) is 10.3 Å². The van der Waals surface area contributed by atoms with Crippen LogP contribution in [0.15, 0.2) is 29.6 Å². The highest BCUT2D eigenvalue weighted by molar-refractivity contribution is 7.13. The minimum absolute atomic E-state index is 0.178. The van der Waals surface area contributed by atoms with Crippen molar-refractivity contribution < 1.29 is 4.79 Å².